The van der Waals surface area contributed by atoms with Crippen LogP contribution in [0, 0.1) is 29.1 Å². The topological polar surface area (TPSA) is 148 Å². The lowest BCUT2D eigenvalue weighted by Gasteiger charge is -2.43. The summed E-state index contributed by atoms with van der Waals surface area (Å²) in [5, 5.41) is 9.79. The molecule has 35 heavy (non-hydrogen) atoms. The first-order chi connectivity index (χ1) is 16.7. The molecule has 8 nitrogen and oxygen atoms in total. The van der Waals surface area contributed by atoms with Gasteiger partial charge in [-0.25, -0.2) is 11.3 Å². The van der Waals surface area contributed by atoms with Gasteiger partial charge in [0.05, 0.1) is 23.3 Å². The maximum Gasteiger partial charge on any atom is 0.248 e. The molecule has 1 aromatic carbocycles. The van der Waals surface area contributed by atoms with Crippen molar-refractivity contribution in [2.24, 2.45) is 40.7 Å². The minimum Gasteiger partial charge on any atom is -0.322 e. The highest BCUT2D eigenvalue weighted by atomic mass is 16.5. The SMILES string of the molecule is CC(C)C[C@@H](C(=O)NN)[C@H](C(=O)NO)C(/C=C/c1ccccc1)(CC1CCCCC1)C(=O)[C@@H](C)N. The van der Waals surface area contributed by atoms with Crippen LogP contribution in [0.5, 0.6) is 0 Å². The van der Waals surface area contributed by atoms with Crippen molar-refractivity contribution in [2.75, 3.05) is 0 Å². The third-order valence-electron chi connectivity index (χ3n) is 7.15. The summed E-state index contributed by atoms with van der Waals surface area (Å²) < 4.78 is 0. The third-order valence-corrected chi connectivity index (χ3v) is 7.15. The van der Waals surface area contributed by atoms with Crippen molar-refractivity contribution in [3.05, 3.63) is 42.0 Å². The van der Waals surface area contributed by atoms with Crippen LogP contribution in [0.1, 0.15) is 71.3 Å². The lowest BCUT2D eigenvalue weighted by molar-refractivity contribution is -0.151. The number of carbonyl (C=O) groups excluding carboxylic acids is 3. The van der Waals surface area contributed by atoms with Crippen LogP contribution in [0.25, 0.3) is 6.08 Å². The van der Waals surface area contributed by atoms with E-state index < -0.39 is 35.1 Å². The van der Waals surface area contributed by atoms with Gasteiger partial charge in [-0.05, 0) is 37.2 Å². The highest BCUT2D eigenvalue weighted by Gasteiger charge is 2.53. The van der Waals surface area contributed by atoms with Crippen LogP contribution < -0.4 is 22.5 Å². The number of rotatable bonds is 12. The fourth-order valence-electron chi connectivity index (χ4n) is 5.59. The summed E-state index contributed by atoms with van der Waals surface area (Å²) in [4.78, 5) is 40.4. The molecule has 0 heterocycles. The van der Waals surface area contributed by atoms with Gasteiger partial charge >= 0.3 is 0 Å². The zero-order valence-electron chi connectivity index (χ0n) is 21.2. The van der Waals surface area contributed by atoms with E-state index >= 15 is 0 Å². The van der Waals surface area contributed by atoms with Crippen LogP contribution in [0.3, 0.4) is 0 Å². The van der Waals surface area contributed by atoms with Crippen molar-refractivity contribution >= 4 is 23.7 Å². The number of hydroxylamine groups is 1. The number of carbonyl (C=O) groups is 3. The number of ketones is 1. The van der Waals surface area contributed by atoms with Gasteiger partial charge in [-0.15, -0.1) is 0 Å². The van der Waals surface area contributed by atoms with Gasteiger partial charge in [-0.3, -0.25) is 25.0 Å². The van der Waals surface area contributed by atoms with Crippen molar-refractivity contribution in [2.45, 2.75) is 71.8 Å². The largest absolute Gasteiger partial charge is 0.322 e. The van der Waals surface area contributed by atoms with E-state index in [0.29, 0.717) is 12.8 Å². The molecule has 1 fully saturated rings. The second-order valence-electron chi connectivity index (χ2n) is 10.3. The van der Waals surface area contributed by atoms with Crippen LogP contribution in [0.4, 0.5) is 0 Å². The van der Waals surface area contributed by atoms with E-state index in [4.69, 9.17) is 11.6 Å². The number of hydrazine groups is 1. The Labute approximate surface area is 208 Å². The molecular weight excluding hydrogens is 444 g/mol. The number of benzene rings is 1. The summed E-state index contributed by atoms with van der Waals surface area (Å²) in [6, 6.07) is 8.59. The normalized spacial score (nSPS) is 19.1. The average Bonchev–Trinajstić information content (AvgIpc) is 2.86. The molecule has 7 N–H and O–H groups in total. The van der Waals surface area contributed by atoms with Gasteiger partial charge in [0, 0.05) is 0 Å². The predicted octanol–water partition coefficient (Wildman–Crippen LogP) is 3.35. The molecule has 0 bridgehead atoms. The van der Waals surface area contributed by atoms with Crippen LogP contribution in [0.15, 0.2) is 36.4 Å². The maximum absolute atomic E-state index is 14.0. The molecule has 0 aromatic heterocycles. The van der Waals surface area contributed by atoms with Gasteiger partial charge < -0.3 is 5.73 Å². The lowest BCUT2D eigenvalue weighted by atomic mass is 9.59. The van der Waals surface area contributed by atoms with E-state index in [-0.39, 0.29) is 17.6 Å². The van der Waals surface area contributed by atoms with Crippen molar-refractivity contribution in [1.29, 1.82) is 0 Å². The standard InChI is InChI=1S/C27H42N4O4/c1-18(2)16-22(25(33)30-29)23(26(34)31-35)27(24(32)19(3)28,17-21-12-8-5-9-13-21)15-14-20-10-6-4-7-11-20/h4,6-7,10-11,14-15,18-19,21-23,35H,5,8-9,12-13,16-17,28-29H2,1-3H3,(H,30,33)(H,31,34)/b15-14+/t19-,22-,23-,27?/m1/s1. The summed E-state index contributed by atoms with van der Waals surface area (Å²) in [5.74, 6) is 1.93. The Bertz CT molecular complexity index is 865. The molecule has 8 heteroatoms. The number of amides is 2. The van der Waals surface area contributed by atoms with E-state index in [1.165, 1.54) is 0 Å². The molecule has 1 aliphatic rings. The zero-order valence-corrected chi connectivity index (χ0v) is 21.2. The number of nitrogens with two attached hydrogens (primary N) is 2. The fourth-order valence-corrected chi connectivity index (χ4v) is 5.59. The third kappa shape index (κ3) is 7.46. The molecular formula is C27H42N4O4. The van der Waals surface area contributed by atoms with E-state index in [9.17, 15) is 19.6 Å². The Kier molecular flexibility index (Phi) is 11.1. The number of nitrogens with one attached hydrogen (secondary N) is 2. The monoisotopic (exact) mass is 486 g/mol. The minimum absolute atomic E-state index is 0.0298. The molecule has 4 atom stereocenters. The average molecular weight is 487 g/mol. The fraction of sp³-hybridized carbons (Fsp3) is 0.593. The maximum atomic E-state index is 14.0. The molecule has 1 aliphatic carbocycles. The predicted molar refractivity (Wildman–Crippen MR) is 136 cm³/mol. The highest BCUT2D eigenvalue weighted by Crippen LogP contribution is 2.47. The highest BCUT2D eigenvalue weighted by molar-refractivity contribution is 5.99. The molecule has 2 amide bonds. The molecule has 1 aromatic rings. The smallest absolute Gasteiger partial charge is 0.248 e. The summed E-state index contributed by atoms with van der Waals surface area (Å²) in [6.07, 6.45) is 9.32. The molecule has 0 aliphatic heterocycles. The van der Waals surface area contributed by atoms with Crippen molar-refractivity contribution < 1.29 is 19.6 Å². The first-order valence-corrected chi connectivity index (χ1v) is 12.6. The van der Waals surface area contributed by atoms with Gasteiger partial charge in [-0.1, -0.05) is 88.4 Å². The number of hydrogen-bond donors (Lipinski definition) is 5. The molecule has 1 unspecified atom stereocenters. The summed E-state index contributed by atoms with van der Waals surface area (Å²) in [7, 11) is 0. The van der Waals surface area contributed by atoms with Gasteiger partial charge in [-0.2, -0.15) is 0 Å². The van der Waals surface area contributed by atoms with Gasteiger partial charge in [0.2, 0.25) is 11.8 Å². The van der Waals surface area contributed by atoms with Crippen LogP contribution in [0.2, 0.25) is 0 Å². The van der Waals surface area contributed by atoms with Crippen molar-refractivity contribution in [1.82, 2.24) is 10.9 Å². The minimum atomic E-state index is -1.41. The van der Waals surface area contributed by atoms with Crippen molar-refractivity contribution in [3.8, 4) is 0 Å². The summed E-state index contributed by atoms with van der Waals surface area (Å²) in [6.45, 7) is 5.46. The molecule has 2 rings (SSSR count). The van der Waals surface area contributed by atoms with Crippen LogP contribution in [-0.2, 0) is 14.4 Å². The lowest BCUT2D eigenvalue weighted by Crippen LogP contribution is -2.56. The van der Waals surface area contributed by atoms with Gasteiger partial charge in [0.25, 0.3) is 0 Å². The van der Waals surface area contributed by atoms with E-state index in [1.807, 2.05) is 50.3 Å². The Balaban J connectivity index is 2.78. The first-order valence-electron chi connectivity index (χ1n) is 12.6. The molecule has 0 radical (unpaired) electrons. The quantitative estimate of drug-likeness (QED) is 0.132. The van der Waals surface area contributed by atoms with Crippen LogP contribution in [-0.4, -0.2) is 28.8 Å². The molecule has 1 saturated carbocycles. The van der Waals surface area contributed by atoms with Crippen LogP contribution >= 0.6 is 0 Å². The van der Waals surface area contributed by atoms with E-state index in [0.717, 1.165) is 37.7 Å². The van der Waals surface area contributed by atoms with Gasteiger partial charge in [0.1, 0.15) is 0 Å². The van der Waals surface area contributed by atoms with E-state index in [2.05, 4.69) is 5.43 Å². The Morgan fingerprint density at radius 3 is 2.23 bits per heavy atom. The van der Waals surface area contributed by atoms with Crippen molar-refractivity contribution in [3.63, 3.8) is 0 Å². The number of allylic oxidation sites excluding steroid dienone is 1. The molecule has 194 valence electrons. The first kappa shape index (κ1) is 28.7. The Morgan fingerprint density at radius 2 is 1.71 bits per heavy atom. The summed E-state index contributed by atoms with van der Waals surface area (Å²) >= 11 is 0. The second kappa shape index (κ2) is 13.5. The molecule has 0 saturated heterocycles. The molecule has 0 spiro atoms. The second-order valence-corrected chi connectivity index (χ2v) is 10.3. The number of hydrogen-bond acceptors (Lipinski definition) is 6. The van der Waals surface area contributed by atoms with Gasteiger partial charge in [0.15, 0.2) is 5.78 Å². The summed E-state index contributed by atoms with van der Waals surface area (Å²) in [5.41, 5.74) is 9.55. The number of Topliss-reactive ketones (excluding diaryl/α,β-unsaturated/α-hetero) is 1. The van der Waals surface area contributed by atoms with E-state index in [1.54, 1.807) is 18.5 Å². The Morgan fingerprint density at radius 1 is 1.09 bits per heavy atom. The zero-order chi connectivity index (χ0) is 26.0. The Hall–Kier alpha value is -2.55.